The highest BCUT2D eigenvalue weighted by Gasteiger charge is 2.42. The molecule has 0 aromatic heterocycles. The molecule has 0 heterocycles. The Morgan fingerprint density at radius 2 is 2.15 bits per heavy atom. The Kier molecular flexibility index (Phi) is 3.71. The summed E-state index contributed by atoms with van der Waals surface area (Å²) in [6, 6.07) is 0.499. The zero-order valence-corrected chi connectivity index (χ0v) is 8.84. The van der Waals surface area contributed by atoms with E-state index in [4.69, 9.17) is 4.74 Å². The lowest BCUT2D eigenvalue weighted by Gasteiger charge is -2.22. The van der Waals surface area contributed by atoms with Gasteiger partial charge in [-0.25, -0.2) is 0 Å². The molecule has 0 amide bonds. The van der Waals surface area contributed by atoms with Gasteiger partial charge in [-0.3, -0.25) is 0 Å². The predicted molar refractivity (Wildman–Crippen MR) is 52.7 cm³/mol. The summed E-state index contributed by atoms with van der Waals surface area (Å²) in [6.07, 6.45) is 2.23. The van der Waals surface area contributed by atoms with Crippen LogP contribution >= 0.6 is 0 Å². The number of methoxy groups -OCH3 is 1. The molecule has 2 N–H and O–H groups in total. The van der Waals surface area contributed by atoms with Crippen molar-refractivity contribution in [1.29, 1.82) is 0 Å². The van der Waals surface area contributed by atoms with Crippen molar-refractivity contribution in [2.24, 2.45) is 5.41 Å². The summed E-state index contributed by atoms with van der Waals surface area (Å²) in [7, 11) is 1.61. The van der Waals surface area contributed by atoms with Crippen LogP contribution < -0.4 is 5.32 Å². The average Bonchev–Trinajstić information content (AvgIpc) is 2.81. The fourth-order valence-corrected chi connectivity index (χ4v) is 1.44. The van der Waals surface area contributed by atoms with E-state index in [2.05, 4.69) is 19.2 Å². The van der Waals surface area contributed by atoms with Gasteiger partial charge in [0.05, 0.1) is 12.7 Å². The van der Waals surface area contributed by atoms with Crippen LogP contribution in [0.15, 0.2) is 0 Å². The average molecular weight is 187 g/mol. The van der Waals surface area contributed by atoms with Crippen LogP contribution in [0, 0.1) is 5.41 Å². The number of hydrogen-bond donors (Lipinski definition) is 2. The maximum absolute atomic E-state index is 9.40. The van der Waals surface area contributed by atoms with Gasteiger partial charge in [-0.15, -0.1) is 0 Å². The van der Waals surface area contributed by atoms with E-state index in [-0.39, 0.29) is 6.10 Å². The van der Waals surface area contributed by atoms with Crippen LogP contribution in [-0.4, -0.2) is 37.5 Å². The lowest BCUT2D eigenvalue weighted by Crippen LogP contribution is -2.39. The standard InChI is InChI=1S/C10H21NO2/c1-8(10(2)4-5-10)11-6-9(12)7-13-3/h8-9,11-12H,4-7H2,1-3H3. The van der Waals surface area contributed by atoms with Crippen LogP contribution in [0.2, 0.25) is 0 Å². The van der Waals surface area contributed by atoms with Crippen LogP contribution in [0.5, 0.6) is 0 Å². The van der Waals surface area contributed by atoms with E-state index < -0.39 is 0 Å². The molecular formula is C10H21NO2. The van der Waals surface area contributed by atoms with Gasteiger partial charge in [-0.2, -0.15) is 0 Å². The normalized spacial score (nSPS) is 24.0. The van der Waals surface area contributed by atoms with Crippen LogP contribution in [0.4, 0.5) is 0 Å². The lowest BCUT2D eigenvalue weighted by molar-refractivity contribution is 0.0614. The Balaban J connectivity index is 2.11. The van der Waals surface area contributed by atoms with E-state index in [1.807, 2.05) is 0 Å². The van der Waals surface area contributed by atoms with Crippen molar-refractivity contribution >= 4 is 0 Å². The molecule has 3 heteroatoms. The Morgan fingerprint density at radius 3 is 2.62 bits per heavy atom. The highest BCUT2D eigenvalue weighted by molar-refractivity contribution is 4.96. The number of nitrogens with one attached hydrogen (secondary N) is 1. The summed E-state index contributed by atoms with van der Waals surface area (Å²) in [5, 5.41) is 12.7. The summed E-state index contributed by atoms with van der Waals surface area (Å²) < 4.78 is 4.85. The van der Waals surface area contributed by atoms with Gasteiger partial charge in [0.1, 0.15) is 0 Å². The molecule has 1 saturated carbocycles. The third kappa shape index (κ3) is 3.25. The largest absolute Gasteiger partial charge is 0.389 e. The summed E-state index contributed by atoms with van der Waals surface area (Å²) in [6.45, 7) is 5.51. The first-order valence-electron chi connectivity index (χ1n) is 4.99. The van der Waals surface area contributed by atoms with Gasteiger partial charge in [0.15, 0.2) is 0 Å². The van der Waals surface area contributed by atoms with Crippen molar-refractivity contribution in [3.63, 3.8) is 0 Å². The van der Waals surface area contributed by atoms with E-state index in [9.17, 15) is 5.11 Å². The van der Waals surface area contributed by atoms with E-state index in [0.29, 0.717) is 24.6 Å². The molecule has 0 radical (unpaired) electrons. The van der Waals surface area contributed by atoms with E-state index >= 15 is 0 Å². The van der Waals surface area contributed by atoms with Crippen molar-refractivity contribution in [2.75, 3.05) is 20.3 Å². The topological polar surface area (TPSA) is 41.5 Å². The molecule has 13 heavy (non-hydrogen) atoms. The molecule has 1 aliphatic rings. The zero-order valence-electron chi connectivity index (χ0n) is 8.84. The minimum Gasteiger partial charge on any atom is -0.389 e. The fourth-order valence-electron chi connectivity index (χ4n) is 1.44. The summed E-state index contributed by atoms with van der Waals surface area (Å²) in [4.78, 5) is 0. The molecule has 0 aromatic carbocycles. The smallest absolute Gasteiger partial charge is 0.0897 e. The number of rotatable bonds is 6. The van der Waals surface area contributed by atoms with Gasteiger partial charge in [0.2, 0.25) is 0 Å². The molecule has 0 bridgehead atoms. The number of ether oxygens (including phenoxy) is 1. The SMILES string of the molecule is COCC(O)CNC(C)C1(C)CC1. The van der Waals surface area contributed by atoms with Gasteiger partial charge in [0, 0.05) is 19.7 Å². The zero-order chi connectivity index (χ0) is 9.90. The van der Waals surface area contributed by atoms with E-state index in [1.54, 1.807) is 7.11 Å². The van der Waals surface area contributed by atoms with Gasteiger partial charge < -0.3 is 15.2 Å². The molecule has 2 unspecified atom stereocenters. The number of aliphatic hydroxyl groups excluding tert-OH is 1. The Labute approximate surface area is 80.5 Å². The molecule has 78 valence electrons. The predicted octanol–water partition coefficient (Wildman–Crippen LogP) is 0.772. The minimum absolute atomic E-state index is 0.380. The van der Waals surface area contributed by atoms with Crippen molar-refractivity contribution in [1.82, 2.24) is 5.32 Å². The Morgan fingerprint density at radius 1 is 1.54 bits per heavy atom. The molecule has 0 aromatic rings. The molecule has 1 fully saturated rings. The van der Waals surface area contributed by atoms with Gasteiger partial charge in [-0.05, 0) is 25.2 Å². The molecule has 1 aliphatic carbocycles. The summed E-state index contributed by atoms with van der Waals surface area (Å²) in [5.41, 5.74) is 0.479. The second-order valence-electron chi connectivity index (χ2n) is 4.39. The lowest BCUT2D eigenvalue weighted by atomic mass is 10.0. The number of hydrogen-bond acceptors (Lipinski definition) is 3. The number of aliphatic hydroxyl groups is 1. The third-order valence-corrected chi connectivity index (χ3v) is 3.10. The fraction of sp³-hybridized carbons (Fsp3) is 1.00. The van der Waals surface area contributed by atoms with Gasteiger partial charge >= 0.3 is 0 Å². The molecular weight excluding hydrogens is 166 g/mol. The van der Waals surface area contributed by atoms with E-state index in [1.165, 1.54) is 12.8 Å². The van der Waals surface area contributed by atoms with Crippen molar-refractivity contribution < 1.29 is 9.84 Å². The van der Waals surface area contributed by atoms with Gasteiger partial charge in [-0.1, -0.05) is 6.92 Å². The molecule has 2 atom stereocenters. The highest BCUT2D eigenvalue weighted by atomic mass is 16.5. The first-order chi connectivity index (χ1) is 6.08. The van der Waals surface area contributed by atoms with Crippen LogP contribution in [0.1, 0.15) is 26.7 Å². The first-order valence-corrected chi connectivity index (χ1v) is 4.99. The van der Waals surface area contributed by atoms with Crippen LogP contribution in [0.3, 0.4) is 0 Å². The minimum atomic E-state index is -0.380. The second kappa shape index (κ2) is 4.40. The molecule has 0 aliphatic heterocycles. The molecule has 0 saturated heterocycles. The quantitative estimate of drug-likeness (QED) is 0.645. The first kappa shape index (κ1) is 11.0. The summed E-state index contributed by atoms with van der Waals surface area (Å²) >= 11 is 0. The second-order valence-corrected chi connectivity index (χ2v) is 4.39. The monoisotopic (exact) mass is 187 g/mol. The summed E-state index contributed by atoms with van der Waals surface area (Å²) in [5.74, 6) is 0. The Bertz CT molecular complexity index is 157. The maximum atomic E-state index is 9.40. The van der Waals surface area contributed by atoms with Gasteiger partial charge in [0.25, 0.3) is 0 Å². The molecule has 0 spiro atoms. The highest BCUT2D eigenvalue weighted by Crippen LogP contribution is 2.47. The van der Waals surface area contributed by atoms with Crippen LogP contribution in [0.25, 0.3) is 0 Å². The third-order valence-electron chi connectivity index (χ3n) is 3.10. The van der Waals surface area contributed by atoms with Crippen molar-refractivity contribution in [2.45, 2.75) is 38.8 Å². The van der Waals surface area contributed by atoms with Crippen molar-refractivity contribution in [3.05, 3.63) is 0 Å². The molecule has 3 nitrogen and oxygen atoms in total. The maximum Gasteiger partial charge on any atom is 0.0897 e. The Hall–Kier alpha value is -0.120. The van der Waals surface area contributed by atoms with Crippen molar-refractivity contribution in [3.8, 4) is 0 Å². The molecule has 1 rings (SSSR count). The van der Waals surface area contributed by atoms with E-state index in [0.717, 1.165) is 0 Å². The van der Waals surface area contributed by atoms with Crippen LogP contribution in [-0.2, 0) is 4.74 Å².